The van der Waals surface area contributed by atoms with Crippen LogP contribution in [0.15, 0.2) is 29.3 Å². The van der Waals surface area contributed by atoms with E-state index in [9.17, 15) is 0 Å². The first-order valence-electron chi connectivity index (χ1n) is 10.1. The molecule has 1 aromatic carbocycles. The van der Waals surface area contributed by atoms with Crippen LogP contribution < -0.4 is 10.1 Å². The summed E-state index contributed by atoms with van der Waals surface area (Å²) in [5, 5.41) is 3.49. The maximum atomic E-state index is 5.96. The Balaban J connectivity index is 1.57. The van der Waals surface area contributed by atoms with Crippen molar-refractivity contribution < 1.29 is 14.2 Å². The van der Waals surface area contributed by atoms with Gasteiger partial charge >= 0.3 is 0 Å². The fraction of sp³-hybridized carbons (Fsp3) is 0.667. The van der Waals surface area contributed by atoms with Crippen molar-refractivity contribution in [2.24, 2.45) is 10.9 Å². The summed E-state index contributed by atoms with van der Waals surface area (Å²) in [4.78, 5) is 6.76. The summed E-state index contributed by atoms with van der Waals surface area (Å²) in [6.45, 7) is 8.94. The number of nitrogens with one attached hydrogen (secondary N) is 1. The maximum Gasteiger partial charge on any atom is 0.194 e. The minimum Gasteiger partial charge on any atom is -0.493 e. The van der Waals surface area contributed by atoms with Crippen molar-refractivity contribution in [1.29, 1.82) is 0 Å². The molecule has 2 aliphatic rings. The quantitative estimate of drug-likeness (QED) is 0.612. The molecule has 2 unspecified atom stereocenters. The van der Waals surface area contributed by atoms with Gasteiger partial charge < -0.3 is 24.4 Å². The van der Waals surface area contributed by atoms with Crippen LogP contribution in [0.25, 0.3) is 0 Å². The molecule has 27 heavy (non-hydrogen) atoms. The zero-order chi connectivity index (χ0) is 19.1. The van der Waals surface area contributed by atoms with Crippen LogP contribution in [-0.2, 0) is 16.0 Å². The average Bonchev–Trinajstić information content (AvgIpc) is 3.23. The van der Waals surface area contributed by atoms with Gasteiger partial charge in [0.1, 0.15) is 11.9 Å². The highest BCUT2D eigenvalue weighted by Gasteiger charge is 2.32. The van der Waals surface area contributed by atoms with Gasteiger partial charge in [0, 0.05) is 38.9 Å². The largest absolute Gasteiger partial charge is 0.493 e. The third kappa shape index (κ3) is 5.59. The molecule has 3 rings (SSSR count). The Bertz CT molecular complexity index is 614. The Kier molecular flexibility index (Phi) is 7.35. The van der Waals surface area contributed by atoms with Gasteiger partial charge in [0.05, 0.1) is 19.3 Å². The number of aliphatic imine (C=N–C) groups is 1. The molecule has 0 saturated carbocycles. The van der Waals surface area contributed by atoms with Crippen LogP contribution in [0.4, 0.5) is 0 Å². The summed E-state index contributed by atoms with van der Waals surface area (Å²) < 4.78 is 17.7. The fourth-order valence-corrected chi connectivity index (χ4v) is 3.54. The van der Waals surface area contributed by atoms with Gasteiger partial charge in [-0.15, -0.1) is 0 Å². The smallest absolute Gasteiger partial charge is 0.194 e. The van der Waals surface area contributed by atoms with Crippen molar-refractivity contribution in [1.82, 2.24) is 10.2 Å². The number of guanidine groups is 1. The van der Waals surface area contributed by atoms with Crippen molar-refractivity contribution in [3.8, 4) is 5.75 Å². The van der Waals surface area contributed by atoms with E-state index < -0.39 is 0 Å². The van der Waals surface area contributed by atoms with Gasteiger partial charge in [-0.3, -0.25) is 4.99 Å². The zero-order valence-corrected chi connectivity index (χ0v) is 16.8. The molecular weight excluding hydrogens is 342 g/mol. The lowest BCUT2D eigenvalue weighted by molar-refractivity contribution is -0.0817. The van der Waals surface area contributed by atoms with E-state index in [1.165, 1.54) is 0 Å². The lowest BCUT2D eigenvalue weighted by atomic mass is 10.1. The molecule has 2 heterocycles. The summed E-state index contributed by atoms with van der Waals surface area (Å²) in [5.74, 6) is 2.34. The zero-order valence-electron chi connectivity index (χ0n) is 16.8. The van der Waals surface area contributed by atoms with Gasteiger partial charge in [0.2, 0.25) is 0 Å². The van der Waals surface area contributed by atoms with Gasteiger partial charge in [0.25, 0.3) is 0 Å². The molecule has 0 aliphatic carbocycles. The Morgan fingerprint density at radius 2 is 2.07 bits per heavy atom. The van der Waals surface area contributed by atoms with Gasteiger partial charge in [0.15, 0.2) is 5.96 Å². The van der Waals surface area contributed by atoms with Crippen LogP contribution >= 0.6 is 0 Å². The Morgan fingerprint density at radius 3 is 2.81 bits per heavy atom. The topological polar surface area (TPSA) is 55.3 Å². The Labute approximate surface area is 162 Å². The van der Waals surface area contributed by atoms with Gasteiger partial charge in [-0.2, -0.15) is 0 Å². The second-order valence-electron chi connectivity index (χ2n) is 7.62. The first kappa shape index (κ1) is 20.0. The van der Waals surface area contributed by atoms with Gasteiger partial charge in [-0.25, -0.2) is 0 Å². The van der Waals surface area contributed by atoms with Crippen molar-refractivity contribution in [3.05, 3.63) is 29.8 Å². The Hall–Kier alpha value is -1.79. The van der Waals surface area contributed by atoms with E-state index in [1.807, 2.05) is 25.2 Å². The van der Waals surface area contributed by atoms with Crippen LogP contribution in [0.2, 0.25) is 0 Å². The van der Waals surface area contributed by atoms with Crippen molar-refractivity contribution >= 4 is 5.96 Å². The van der Waals surface area contributed by atoms with E-state index in [0.29, 0.717) is 19.1 Å². The normalized spacial score (nSPS) is 23.7. The van der Waals surface area contributed by atoms with Crippen molar-refractivity contribution in [3.63, 3.8) is 0 Å². The van der Waals surface area contributed by atoms with Gasteiger partial charge in [-0.1, -0.05) is 32.0 Å². The molecule has 1 aromatic rings. The van der Waals surface area contributed by atoms with E-state index in [-0.39, 0.29) is 12.2 Å². The highest BCUT2D eigenvalue weighted by Crippen LogP contribution is 2.22. The summed E-state index contributed by atoms with van der Waals surface area (Å²) in [7, 11) is 1.83. The second kappa shape index (κ2) is 9.95. The minimum atomic E-state index is 0.126. The molecule has 150 valence electrons. The monoisotopic (exact) mass is 375 g/mol. The van der Waals surface area contributed by atoms with Crippen LogP contribution in [-0.4, -0.2) is 63.0 Å². The van der Waals surface area contributed by atoms with E-state index in [1.54, 1.807) is 0 Å². The summed E-state index contributed by atoms with van der Waals surface area (Å²) >= 11 is 0. The minimum absolute atomic E-state index is 0.126. The molecule has 2 aliphatic heterocycles. The van der Waals surface area contributed by atoms with E-state index >= 15 is 0 Å². The summed E-state index contributed by atoms with van der Waals surface area (Å²) in [5.41, 5.74) is 1.14. The number of morpholine rings is 1. The van der Waals surface area contributed by atoms with E-state index in [4.69, 9.17) is 14.2 Å². The predicted molar refractivity (Wildman–Crippen MR) is 107 cm³/mol. The summed E-state index contributed by atoms with van der Waals surface area (Å²) in [6, 6.07) is 8.20. The second-order valence-corrected chi connectivity index (χ2v) is 7.62. The molecule has 2 fully saturated rings. The third-order valence-corrected chi connectivity index (χ3v) is 4.97. The molecular formula is C21H33N3O3. The first-order chi connectivity index (χ1) is 13.2. The first-order valence-corrected chi connectivity index (χ1v) is 10.1. The number of para-hydroxylation sites is 1. The Morgan fingerprint density at radius 1 is 1.26 bits per heavy atom. The molecule has 0 spiro atoms. The number of ether oxygens (including phenoxy) is 3. The van der Waals surface area contributed by atoms with Crippen LogP contribution in [0.3, 0.4) is 0 Å². The third-order valence-electron chi connectivity index (χ3n) is 4.97. The molecule has 1 N–H and O–H groups in total. The molecule has 0 amide bonds. The maximum absolute atomic E-state index is 5.96. The fourth-order valence-electron chi connectivity index (χ4n) is 3.54. The van der Waals surface area contributed by atoms with Crippen LogP contribution in [0, 0.1) is 5.92 Å². The predicted octanol–water partition coefficient (Wildman–Crippen LogP) is 2.68. The van der Waals surface area contributed by atoms with Crippen LogP contribution in [0.1, 0.15) is 32.3 Å². The molecule has 2 saturated heterocycles. The molecule has 2 atom stereocenters. The number of benzene rings is 1. The van der Waals surface area contributed by atoms with E-state index in [0.717, 1.165) is 56.4 Å². The number of hydrogen-bond acceptors (Lipinski definition) is 4. The molecule has 0 bridgehead atoms. The lowest BCUT2D eigenvalue weighted by Gasteiger charge is -2.37. The standard InChI is InChI=1S/C21H33N3O3/c1-16(2)15-27-18-8-5-4-7-17(18)13-23-21(22-3)24-10-12-26-20(14-24)19-9-6-11-25-19/h4-5,7-8,16,19-20H,6,9-15H2,1-3H3,(H,22,23). The highest BCUT2D eigenvalue weighted by atomic mass is 16.5. The molecule has 0 aromatic heterocycles. The number of rotatable bonds is 6. The highest BCUT2D eigenvalue weighted by molar-refractivity contribution is 5.80. The van der Waals surface area contributed by atoms with Crippen LogP contribution in [0.5, 0.6) is 5.75 Å². The average molecular weight is 376 g/mol. The van der Waals surface area contributed by atoms with E-state index in [2.05, 4.69) is 35.1 Å². The summed E-state index contributed by atoms with van der Waals surface area (Å²) in [6.07, 6.45) is 2.56. The van der Waals surface area contributed by atoms with Crippen molar-refractivity contribution in [2.75, 3.05) is 40.0 Å². The SMILES string of the molecule is CN=C(NCc1ccccc1OCC(C)C)N1CCOC(C2CCCO2)C1. The number of hydrogen-bond donors (Lipinski definition) is 1. The molecule has 6 nitrogen and oxygen atoms in total. The van der Waals surface area contributed by atoms with Gasteiger partial charge in [-0.05, 0) is 24.8 Å². The van der Waals surface area contributed by atoms with Crippen molar-refractivity contribution in [2.45, 2.75) is 45.4 Å². The molecule has 0 radical (unpaired) electrons. The lowest BCUT2D eigenvalue weighted by Crippen LogP contribution is -2.53. The molecule has 6 heteroatoms. The number of nitrogens with zero attached hydrogens (tertiary/aromatic N) is 2.